The van der Waals surface area contributed by atoms with Crippen LogP contribution in [0, 0.1) is 6.08 Å². The molecular formula is C65H95Cl3SiTi. The van der Waals surface area contributed by atoms with Crippen LogP contribution in [0.25, 0.3) is 5.57 Å². The maximum atomic E-state index is 4.07. The van der Waals surface area contributed by atoms with Crippen molar-refractivity contribution in [2.75, 3.05) is 0 Å². The van der Waals surface area contributed by atoms with Crippen LogP contribution in [0.4, 0.5) is 0 Å². The van der Waals surface area contributed by atoms with E-state index in [1.54, 1.807) is 54.1 Å². The molecule has 0 spiro atoms. The second-order valence-electron chi connectivity index (χ2n) is 20.5. The van der Waals surface area contributed by atoms with Gasteiger partial charge >= 0.3 is 21.7 Å². The van der Waals surface area contributed by atoms with Gasteiger partial charge in [-0.3, -0.25) is 0 Å². The summed E-state index contributed by atoms with van der Waals surface area (Å²) in [7, 11) is -2.99. The number of aryl methyl sites for hydroxylation is 6. The Hall–Kier alpha value is -1.84. The van der Waals surface area contributed by atoms with Crippen LogP contribution in [0.2, 0.25) is 0 Å². The van der Waals surface area contributed by atoms with Gasteiger partial charge in [-0.1, -0.05) is 252 Å². The second-order valence-corrected chi connectivity index (χ2v) is 24.2. The molecule has 5 rings (SSSR count). The van der Waals surface area contributed by atoms with Gasteiger partial charge in [-0.15, -0.1) is 29.0 Å². The molecule has 0 aromatic heterocycles. The molecule has 0 nitrogen and oxygen atoms in total. The summed E-state index contributed by atoms with van der Waals surface area (Å²) < 4.78 is 0. The minimum atomic E-state index is -2.99. The molecule has 70 heavy (non-hydrogen) atoms. The maximum Gasteiger partial charge on any atom is 4.00 e. The summed E-state index contributed by atoms with van der Waals surface area (Å²) in [5, 5.41) is 6.48. The maximum absolute atomic E-state index is 4.07. The Kier molecular flexibility index (Phi) is 36.6. The van der Waals surface area contributed by atoms with Crippen molar-refractivity contribution in [3.8, 4) is 0 Å². The van der Waals surface area contributed by atoms with Gasteiger partial charge in [0.2, 0.25) is 0 Å². The Balaban J connectivity index is 0.00000612. The van der Waals surface area contributed by atoms with Crippen molar-refractivity contribution in [1.29, 1.82) is 0 Å². The van der Waals surface area contributed by atoms with Crippen LogP contribution in [-0.2, 0) is 60.2 Å². The van der Waals surface area contributed by atoms with E-state index in [4.69, 9.17) is 0 Å². The Morgan fingerprint density at radius 3 is 0.886 bits per heavy atom. The number of hydrogen-bond acceptors (Lipinski definition) is 0. The zero-order valence-corrected chi connectivity index (χ0v) is 50.0. The van der Waals surface area contributed by atoms with Crippen LogP contribution in [0.1, 0.15) is 241 Å². The number of allylic oxidation sites excluding steroid dienone is 4. The first-order chi connectivity index (χ1) is 32.5. The second kappa shape index (κ2) is 38.7. The zero-order valence-electron chi connectivity index (χ0n) is 45.2. The summed E-state index contributed by atoms with van der Waals surface area (Å²) in [6.07, 6.45) is 45.9. The first-order valence-electron chi connectivity index (χ1n) is 28.3. The van der Waals surface area contributed by atoms with Gasteiger partial charge in [0, 0.05) is 0 Å². The number of benzene rings is 4. The van der Waals surface area contributed by atoms with Crippen LogP contribution in [0.3, 0.4) is 0 Å². The molecule has 4 aromatic carbocycles. The van der Waals surface area contributed by atoms with E-state index < -0.39 is 8.07 Å². The molecule has 0 radical (unpaired) electrons. The third-order valence-electron chi connectivity index (χ3n) is 14.7. The van der Waals surface area contributed by atoms with Crippen molar-refractivity contribution in [3.05, 3.63) is 141 Å². The minimum Gasteiger partial charge on any atom is -1.00 e. The smallest absolute Gasteiger partial charge is 1.00 e. The van der Waals surface area contributed by atoms with Crippen molar-refractivity contribution in [3.63, 3.8) is 0 Å². The Morgan fingerprint density at radius 1 is 0.357 bits per heavy atom. The van der Waals surface area contributed by atoms with E-state index in [0.29, 0.717) is 0 Å². The summed E-state index contributed by atoms with van der Waals surface area (Å²) >= 11 is 0. The molecule has 1 aliphatic rings. The minimum absolute atomic E-state index is 0. The Bertz CT molecular complexity index is 1770. The van der Waals surface area contributed by atoms with Crippen molar-refractivity contribution < 1.29 is 58.9 Å². The third-order valence-corrected chi connectivity index (χ3v) is 19.4. The van der Waals surface area contributed by atoms with Gasteiger partial charge in [0.05, 0.1) is 0 Å². The van der Waals surface area contributed by atoms with Crippen LogP contribution in [0.15, 0.2) is 96.2 Å². The average Bonchev–Trinajstić information content (AvgIpc) is 3.83. The van der Waals surface area contributed by atoms with E-state index in [9.17, 15) is 0 Å². The van der Waals surface area contributed by atoms with Crippen LogP contribution < -0.4 is 52.8 Å². The molecule has 5 heteroatoms. The van der Waals surface area contributed by atoms with Gasteiger partial charge in [0.15, 0.2) is 0 Å². The first-order valence-corrected chi connectivity index (χ1v) is 30.3. The molecule has 0 saturated carbocycles. The topological polar surface area (TPSA) is 0 Å². The van der Waals surface area contributed by atoms with Gasteiger partial charge in [-0.25, -0.2) is 0 Å². The molecule has 0 N–H and O–H groups in total. The third kappa shape index (κ3) is 20.8. The molecule has 0 aliphatic heterocycles. The van der Waals surface area contributed by atoms with Crippen molar-refractivity contribution in [2.45, 2.75) is 241 Å². The average molecular weight is 1060 g/mol. The summed E-state index contributed by atoms with van der Waals surface area (Å²) in [6, 6.07) is 36.1. The van der Waals surface area contributed by atoms with Crippen molar-refractivity contribution in [1.82, 2.24) is 0 Å². The molecule has 384 valence electrons. The summed E-state index contributed by atoms with van der Waals surface area (Å²) in [5.41, 5.74) is 12.1. The normalized spacial score (nSPS) is 12.1. The molecular weight excluding hydrogens is 963 g/mol. The van der Waals surface area contributed by atoms with Crippen LogP contribution in [0.5, 0.6) is 0 Å². The van der Waals surface area contributed by atoms with E-state index in [0.717, 1.165) is 6.42 Å². The van der Waals surface area contributed by atoms with Gasteiger partial charge in [-0.05, 0) is 110 Å². The Morgan fingerprint density at radius 2 is 0.629 bits per heavy atom. The Labute approximate surface area is 466 Å². The zero-order chi connectivity index (χ0) is 46.7. The number of hydrogen-bond donors (Lipinski definition) is 0. The molecule has 0 bridgehead atoms. The molecule has 4 aromatic rings. The summed E-state index contributed by atoms with van der Waals surface area (Å²) in [5.74, 6) is 0. The van der Waals surface area contributed by atoms with E-state index in [-0.39, 0.29) is 58.9 Å². The molecule has 1 aliphatic carbocycles. The van der Waals surface area contributed by atoms with Crippen molar-refractivity contribution >= 4 is 29.2 Å². The molecule has 0 atom stereocenters. The molecule has 0 amide bonds. The van der Waals surface area contributed by atoms with E-state index in [1.165, 1.54) is 204 Å². The van der Waals surface area contributed by atoms with Crippen molar-refractivity contribution in [2.24, 2.45) is 0 Å². The predicted octanol–water partition coefficient (Wildman–Crippen LogP) is 8.66. The predicted molar refractivity (Wildman–Crippen MR) is 297 cm³/mol. The first kappa shape index (κ1) is 66.2. The quantitative estimate of drug-likeness (QED) is 0.0188. The fourth-order valence-electron chi connectivity index (χ4n) is 11.0. The SMILES string of the molecule is CCCCCCc1cc(CCCCCC)cc([Si](C2=CC[C-]=C2c2ccccc2)(c2cc(CCCCCC)cc(CCCCCC)c2)c2cc(CCCCCC)cc(CCCCCC)c2)c1.[Cl-].[Cl-].[Cl-].[Ti+4]. The van der Waals surface area contributed by atoms with Gasteiger partial charge < -0.3 is 37.2 Å². The molecule has 0 saturated heterocycles. The van der Waals surface area contributed by atoms with Crippen LogP contribution >= 0.6 is 0 Å². The standard InChI is InChI=1S/C65H95Si.3ClH.Ti/c1-7-13-19-26-35-54-45-55(36-27-20-14-8-2)49-61(48-54)66(65-44-34-43-64(65)60-41-32-25-33-42-60,62-50-56(37-28-21-15-9-3)46-57(51-62)38-29-22-16-10-4)63-52-58(39-30-23-17-11-5)47-59(53-63)40-31-24-18-12-6;;;;/h25,32-33,41-42,44-53H,7-24,26-31,34-40H2,1-6H3;3*1H;/q-1;;;;+4/p-3. The number of unbranched alkanes of at least 4 members (excludes halogenated alkanes) is 18. The molecule has 0 heterocycles. The van der Waals surface area contributed by atoms with E-state index in [1.807, 2.05) is 0 Å². The fraction of sp³-hybridized carbons (Fsp3) is 0.569. The molecule has 0 unspecified atom stereocenters. The van der Waals surface area contributed by atoms with Gasteiger partial charge in [0.25, 0.3) is 0 Å². The summed E-state index contributed by atoms with van der Waals surface area (Å²) in [6.45, 7) is 14.1. The van der Waals surface area contributed by atoms with E-state index in [2.05, 4.69) is 139 Å². The van der Waals surface area contributed by atoms with Gasteiger partial charge in [-0.2, -0.15) is 11.6 Å². The molecule has 0 fully saturated rings. The largest absolute Gasteiger partial charge is 4.00 e. The number of rotatable bonds is 35. The monoisotopic (exact) mass is 1060 g/mol. The number of halogens is 3. The van der Waals surface area contributed by atoms with Gasteiger partial charge in [0.1, 0.15) is 8.07 Å². The fourth-order valence-corrected chi connectivity index (χ4v) is 16.3. The summed E-state index contributed by atoms with van der Waals surface area (Å²) in [4.78, 5) is 0. The van der Waals surface area contributed by atoms with E-state index >= 15 is 0 Å². The van der Waals surface area contributed by atoms with Crippen LogP contribution in [-0.4, -0.2) is 8.07 Å².